The number of carboxylic acid groups (broad SMARTS) is 1. The predicted molar refractivity (Wildman–Crippen MR) is 66.6 cm³/mol. The molecule has 0 aromatic heterocycles. The van der Waals surface area contributed by atoms with Gasteiger partial charge in [0.1, 0.15) is 0 Å². The molecule has 0 aliphatic heterocycles. The predicted octanol–water partition coefficient (Wildman–Crippen LogP) is 3.70. The lowest BCUT2D eigenvalue weighted by Gasteiger charge is -2.61. The van der Waals surface area contributed by atoms with Gasteiger partial charge in [-0.25, -0.2) is 0 Å². The van der Waals surface area contributed by atoms with Crippen molar-refractivity contribution in [3.63, 3.8) is 0 Å². The molecule has 0 aromatic carbocycles. The molecule has 1 unspecified atom stereocenters. The Morgan fingerprint density at radius 1 is 1.18 bits per heavy atom. The molecular formula is C15H24O2. The van der Waals surface area contributed by atoms with E-state index in [9.17, 15) is 9.90 Å². The SMILES string of the molecule is CCC(C)(C(=O)O)C12CC3CC(CC(C3)C1)C2. The van der Waals surface area contributed by atoms with Crippen molar-refractivity contribution in [1.82, 2.24) is 0 Å². The van der Waals surface area contributed by atoms with E-state index in [0.29, 0.717) is 0 Å². The molecule has 4 aliphatic rings. The van der Waals surface area contributed by atoms with Gasteiger partial charge in [0, 0.05) is 0 Å². The summed E-state index contributed by atoms with van der Waals surface area (Å²) in [5.74, 6) is 1.96. The maximum atomic E-state index is 11.8. The molecular weight excluding hydrogens is 212 g/mol. The van der Waals surface area contributed by atoms with Crippen LogP contribution in [0.3, 0.4) is 0 Å². The Morgan fingerprint density at radius 2 is 1.59 bits per heavy atom. The molecule has 1 N–H and O–H groups in total. The van der Waals surface area contributed by atoms with Gasteiger partial charge < -0.3 is 5.11 Å². The summed E-state index contributed by atoms with van der Waals surface area (Å²) in [6.07, 6.45) is 8.52. The summed E-state index contributed by atoms with van der Waals surface area (Å²) in [5.41, 5.74) is -0.356. The van der Waals surface area contributed by atoms with Crippen molar-refractivity contribution in [3.8, 4) is 0 Å². The van der Waals surface area contributed by atoms with Crippen LogP contribution in [0.15, 0.2) is 0 Å². The fourth-order valence-electron chi connectivity index (χ4n) is 5.54. The Bertz CT molecular complexity index is 312. The van der Waals surface area contributed by atoms with Crippen molar-refractivity contribution in [1.29, 1.82) is 0 Å². The number of carboxylic acids is 1. The molecule has 0 amide bonds. The van der Waals surface area contributed by atoms with Gasteiger partial charge in [0.05, 0.1) is 5.41 Å². The Hall–Kier alpha value is -0.530. The molecule has 0 saturated heterocycles. The van der Waals surface area contributed by atoms with Gasteiger partial charge in [0.25, 0.3) is 0 Å². The molecule has 96 valence electrons. The lowest BCUT2D eigenvalue weighted by molar-refractivity contribution is -0.176. The van der Waals surface area contributed by atoms with Gasteiger partial charge in [-0.3, -0.25) is 4.79 Å². The van der Waals surface area contributed by atoms with Crippen molar-refractivity contribution in [2.75, 3.05) is 0 Å². The topological polar surface area (TPSA) is 37.3 Å². The number of hydrogen-bond acceptors (Lipinski definition) is 1. The molecule has 1 atom stereocenters. The summed E-state index contributed by atoms with van der Waals surface area (Å²) in [4.78, 5) is 11.8. The Labute approximate surface area is 104 Å². The number of rotatable bonds is 3. The van der Waals surface area contributed by atoms with E-state index >= 15 is 0 Å². The highest BCUT2D eigenvalue weighted by molar-refractivity contribution is 5.75. The molecule has 4 bridgehead atoms. The van der Waals surface area contributed by atoms with Gasteiger partial charge in [-0.1, -0.05) is 6.92 Å². The van der Waals surface area contributed by atoms with Crippen LogP contribution < -0.4 is 0 Å². The second-order valence-electron chi connectivity index (χ2n) is 7.19. The first-order valence-electron chi connectivity index (χ1n) is 7.22. The van der Waals surface area contributed by atoms with E-state index in [1.165, 1.54) is 38.5 Å². The molecule has 4 rings (SSSR count). The van der Waals surface area contributed by atoms with E-state index in [4.69, 9.17) is 0 Å². The summed E-state index contributed by atoms with van der Waals surface area (Å²) in [6.45, 7) is 4.08. The number of hydrogen-bond donors (Lipinski definition) is 1. The first kappa shape index (κ1) is 11.6. The van der Waals surface area contributed by atoms with Crippen molar-refractivity contribution in [3.05, 3.63) is 0 Å². The van der Waals surface area contributed by atoms with Crippen molar-refractivity contribution in [2.24, 2.45) is 28.6 Å². The van der Waals surface area contributed by atoms with Gasteiger partial charge in [-0.05, 0) is 75.0 Å². The maximum Gasteiger partial charge on any atom is 0.309 e. The Morgan fingerprint density at radius 3 is 1.88 bits per heavy atom. The molecule has 0 radical (unpaired) electrons. The summed E-state index contributed by atoms with van der Waals surface area (Å²) in [7, 11) is 0. The van der Waals surface area contributed by atoms with Gasteiger partial charge in [-0.15, -0.1) is 0 Å². The van der Waals surface area contributed by atoms with Crippen LogP contribution >= 0.6 is 0 Å². The van der Waals surface area contributed by atoms with Crippen molar-refractivity contribution < 1.29 is 9.90 Å². The maximum absolute atomic E-state index is 11.8. The zero-order valence-corrected chi connectivity index (χ0v) is 11.0. The zero-order chi connectivity index (χ0) is 12.3. The molecule has 0 spiro atoms. The lowest BCUT2D eigenvalue weighted by atomic mass is 9.42. The zero-order valence-electron chi connectivity index (χ0n) is 11.0. The first-order valence-corrected chi connectivity index (χ1v) is 7.22. The number of aliphatic carboxylic acids is 1. The summed E-state index contributed by atoms with van der Waals surface area (Å²) in [6, 6.07) is 0. The van der Waals surface area contributed by atoms with Crippen molar-refractivity contribution >= 4 is 5.97 Å². The van der Waals surface area contributed by atoms with E-state index in [0.717, 1.165) is 24.2 Å². The van der Waals surface area contributed by atoms with Gasteiger partial charge in [0.2, 0.25) is 0 Å². The van der Waals surface area contributed by atoms with Crippen LogP contribution in [0.1, 0.15) is 58.8 Å². The summed E-state index contributed by atoms with van der Waals surface area (Å²) in [5, 5.41) is 9.69. The smallest absolute Gasteiger partial charge is 0.309 e. The normalized spacial score (nSPS) is 46.8. The number of carbonyl (C=O) groups is 1. The fourth-order valence-corrected chi connectivity index (χ4v) is 5.54. The molecule has 0 aromatic rings. The van der Waals surface area contributed by atoms with Crippen LogP contribution in [0.4, 0.5) is 0 Å². The van der Waals surface area contributed by atoms with E-state index in [1.807, 2.05) is 6.92 Å². The average molecular weight is 236 g/mol. The van der Waals surface area contributed by atoms with Crippen LogP contribution in [0.5, 0.6) is 0 Å². The van der Waals surface area contributed by atoms with Gasteiger partial charge in [-0.2, -0.15) is 0 Å². The molecule has 0 heterocycles. The average Bonchev–Trinajstić information content (AvgIpc) is 2.25. The monoisotopic (exact) mass is 236 g/mol. The Balaban J connectivity index is 1.98. The molecule has 17 heavy (non-hydrogen) atoms. The highest BCUT2D eigenvalue weighted by atomic mass is 16.4. The quantitative estimate of drug-likeness (QED) is 0.811. The van der Waals surface area contributed by atoms with Gasteiger partial charge in [0.15, 0.2) is 0 Å². The van der Waals surface area contributed by atoms with E-state index in [-0.39, 0.29) is 5.41 Å². The summed E-state index contributed by atoms with van der Waals surface area (Å²) < 4.78 is 0. The third-order valence-electron chi connectivity index (χ3n) is 6.39. The minimum Gasteiger partial charge on any atom is -0.481 e. The van der Waals surface area contributed by atoms with E-state index < -0.39 is 11.4 Å². The molecule has 4 aliphatic carbocycles. The molecule has 2 nitrogen and oxygen atoms in total. The van der Waals surface area contributed by atoms with Crippen LogP contribution in [-0.2, 0) is 4.79 Å². The van der Waals surface area contributed by atoms with E-state index in [1.54, 1.807) is 0 Å². The van der Waals surface area contributed by atoms with Crippen molar-refractivity contribution in [2.45, 2.75) is 58.8 Å². The van der Waals surface area contributed by atoms with Crippen LogP contribution in [-0.4, -0.2) is 11.1 Å². The Kier molecular flexibility index (Phi) is 2.37. The van der Waals surface area contributed by atoms with Gasteiger partial charge >= 0.3 is 5.97 Å². The molecule has 4 fully saturated rings. The third-order valence-corrected chi connectivity index (χ3v) is 6.39. The van der Waals surface area contributed by atoms with Crippen LogP contribution in [0, 0.1) is 28.6 Å². The second-order valence-corrected chi connectivity index (χ2v) is 7.19. The van der Waals surface area contributed by atoms with E-state index in [2.05, 4.69) is 6.92 Å². The highest BCUT2D eigenvalue weighted by Gasteiger charge is 2.60. The fraction of sp³-hybridized carbons (Fsp3) is 0.933. The largest absolute Gasteiger partial charge is 0.481 e. The summed E-state index contributed by atoms with van der Waals surface area (Å²) >= 11 is 0. The second kappa shape index (κ2) is 3.49. The third kappa shape index (κ3) is 1.42. The highest BCUT2D eigenvalue weighted by Crippen LogP contribution is 2.66. The molecule has 4 saturated carbocycles. The van der Waals surface area contributed by atoms with Crippen LogP contribution in [0.2, 0.25) is 0 Å². The minimum absolute atomic E-state index is 0.127. The first-order chi connectivity index (χ1) is 7.99. The standard InChI is InChI=1S/C15H24O2/c1-3-14(2,13(16)17)15-7-10-4-11(8-15)6-12(5-10)9-15/h10-12H,3-9H2,1-2H3,(H,16,17). The van der Waals surface area contributed by atoms with Crippen LogP contribution in [0.25, 0.3) is 0 Å². The lowest BCUT2D eigenvalue weighted by Crippen LogP contribution is -2.56. The molecule has 2 heteroatoms. The minimum atomic E-state index is -0.554.